The zero-order valence-corrected chi connectivity index (χ0v) is 13.3. The molecule has 0 spiro atoms. The Morgan fingerprint density at radius 1 is 1.11 bits per heavy atom. The van der Waals surface area contributed by atoms with Crippen LogP contribution < -0.4 is 10.1 Å². The predicted molar refractivity (Wildman–Crippen MR) is 87.8 cm³/mol. The molecule has 100 valence electrons. The van der Waals surface area contributed by atoms with E-state index in [9.17, 15) is 0 Å². The zero-order valence-electron chi connectivity index (χ0n) is 11.2. The summed E-state index contributed by atoms with van der Waals surface area (Å²) in [5, 5.41) is 3.40. The van der Waals surface area contributed by atoms with Crippen molar-refractivity contribution >= 4 is 22.6 Å². The average molecular weight is 367 g/mol. The van der Waals surface area contributed by atoms with Crippen molar-refractivity contribution in [2.24, 2.45) is 0 Å². The van der Waals surface area contributed by atoms with Crippen LogP contribution in [-0.2, 0) is 0 Å². The van der Waals surface area contributed by atoms with Crippen molar-refractivity contribution in [3.05, 3.63) is 57.7 Å². The smallest absolute Gasteiger partial charge is 0.127 e. The van der Waals surface area contributed by atoms with Crippen LogP contribution in [0, 0.1) is 3.57 Å². The maximum Gasteiger partial charge on any atom is 0.127 e. The largest absolute Gasteiger partial charge is 0.457 e. The van der Waals surface area contributed by atoms with Gasteiger partial charge in [0.25, 0.3) is 0 Å². The summed E-state index contributed by atoms with van der Waals surface area (Å²) in [5.74, 6) is 1.75. The molecule has 2 nitrogen and oxygen atoms in total. The van der Waals surface area contributed by atoms with Crippen molar-refractivity contribution in [1.29, 1.82) is 0 Å². The third kappa shape index (κ3) is 4.21. The summed E-state index contributed by atoms with van der Waals surface area (Å²) in [6, 6.07) is 16.6. The highest BCUT2D eigenvalue weighted by Gasteiger charge is 2.05. The normalized spacial score (nSPS) is 12.2. The fourth-order valence-electron chi connectivity index (χ4n) is 1.91. The minimum atomic E-state index is 0.338. The lowest BCUT2D eigenvalue weighted by Crippen LogP contribution is -2.17. The van der Waals surface area contributed by atoms with Gasteiger partial charge in [-0.1, -0.05) is 19.1 Å². The van der Waals surface area contributed by atoms with Crippen LogP contribution in [0.5, 0.6) is 11.5 Å². The average Bonchev–Trinajstić information content (AvgIpc) is 2.42. The summed E-state index contributed by atoms with van der Waals surface area (Å²) < 4.78 is 7.08. The Balaban J connectivity index is 2.12. The molecule has 2 aromatic carbocycles. The van der Waals surface area contributed by atoms with Gasteiger partial charge in [0.1, 0.15) is 11.5 Å². The first-order valence-corrected chi connectivity index (χ1v) is 7.53. The van der Waals surface area contributed by atoms with Gasteiger partial charge in [-0.25, -0.2) is 0 Å². The van der Waals surface area contributed by atoms with Crippen molar-refractivity contribution in [3.8, 4) is 11.5 Å². The van der Waals surface area contributed by atoms with Crippen LogP contribution in [0.3, 0.4) is 0 Å². The quantitative estimate of drug-likeness (QED) is 0.770. The molecule has 0 aliphatic heterocycles. The predicted octanol–water partition coefficient (Wildman–Crippen LogP) is 4.75. The SMILES string of the molecule is CCNC(C)c1cccc(Oc2ccc(I)cc2)c1. The third-order valence-electron chi connectivity index (χ3n) is 2.92. The molecule has 1 N–H and O–H groups in total. The Morgan fingerprint density at radius 3 is 2.53 bits per heavy atom. The lowest BCUT2D eigenvalue weighted by molar-refractivity contribution is 0.480. The molecule has 0 heterocycles. The van der Waals surface area contributed by atoms with Crippen LogP contribution >= 0.6 is 22.6 Å². The van der Waals surface area contributed by atoms with Gasteiger partial charge in [0.05, 0.1) is 0 Å². The second kappa shape index (κ2) is 6.91. The molecule has 0 aromatic heterocycles. The van der Waals surface area contributed by atoms with Crippen LogP contribution in [-0.4, -0.2) is 6.54 Å². The summed E-state index contributed by atoms with van der Waals surface area (Å²) in [7, 11) is 0. The topological polar surface area (TPSA) is 21.3 Å². The molecule has 19 heavy (non-hydrogen) atoms. The number of halogens is 1. The van der Waals surface area contributed by atoms with E-state index in [1.807, 2.05) is 36.4 Å². The van der Waals surface area contributed by atoms with Crippen LogP contribution in [0.1, 0.15) is 25.5 Å². The van der Waals surface area contributed by atoms with E-state index < -0.39 is 0 Å². The Hall–Kier alpha value is -1.07. The fraction of sp³-hybridized carbons (Fsp3) is 0.250. The molecule has 0 saturated carbocycles. The Kier molecular flexibility index (Phi) is 5.22. The van der Waals surface area contributed by atoms with Crippen LogP contribution in [0.4, 0.5) is 0 Å². The highest BCUT2D eigenvalue weighted by Crippen LogP contribution is 2.25. The van der Waals surface area contributed by atoms with E-state index in [0.29, 0.717) is 6.04 Å². The summed E-state index contributed by atoms with van der Waals surface area (Å²) in [5.41, 5.74) is 1.24. The van der Waals surface area contributed by atoms with Crippen molar-refractivity contribution in [2.75, 3.05) is 6.54 Å². The molecule has 2 aromatic rings. The van der Waals surface area contributed by atoms with Gasteiger partial charge >= 0.3 is 0 Å². The van der Waals surface area contributed by atoms with Crippen LogP contribution in [0.15, 0.2) is 48.5 Å². The van der Waals surface area contributed by atoms with E-state index in [2.05, 4.69) is 53.9 Å². The van der Waals surface area contributed by atoms with E-state index in [-0.39, 0.29) is 0 Å². The fourth-order valence-corrected chi connectivity index (χ4v) is 2.27. The standard InChI is InChI=1S/C16H18INO/c1-3-18-12(2)13-5-4-6-16(11-13)19-15-9-7-14(17)8-10-15/h4-12,18H,3H2,1-2H3. The summed E-state index contributed by atoms with van der Waals surface area (Å²) in [6.07, 6.45) is 0. The zero-order chi connectivity index (χ0) is 13.7. The lowest BCUT2D eigenvalue weighted by atomic mass is 10.1. The van der Waals surface area contributed by atoms with E-state index >= 15 is 0 Å². The summed E-state index contributed by atoms with van der Waals surface area (Å²) in [6.45, 7) is 5.24. The van der Waals surface area contributed by atoms with Gasteiger partial charge in [0.15, 0.2) is 0 Å². The minimum Gasteiger partial charge on any atom is -0.457 e. The van der Waals surface area contributed by atoms with E-state index in [4.69, 9.17) is 4.74 Å². The number of ether oxygens (including phenoxy) is 1. The molecule has 0 aliphatic rings. The first-order chi connectivity index (χ1) is 9.19. The van der Waals surface area contributed by atoms with Gasteiger partial charge in [-0.2, -0.15) is 0 Å². The Morgan fingerprint density at radius 2 is 1.84 bits per heavy atom. The molecule has 1 unspecified atom stereocenters. The molecule has 1 atom stereocenters. The number of hydrogen-bond acceptors (Lipinski definition) is 2. The Labute approximate surface area is 128 Å². The molecular formula is C16H18INO. The van der Waals surface area contributed by atoms with E-state index in [1.54, 1.807) is 0 Å². The van der Waals surface area contributed by atoms with Gasteiger partial charge in [-0.15, -0.1) is 0 Å². The highest BCUT2D eigenvalue weighted by atomic mass is 127. The van der Waals surface area contributed by atoms with Gasteiger partial charge in [-0.05, 0) is 78.0 Å². The number of hydrogen-bond donors (Lipinski definition) is 1. The van der Waals surface area contributed by atoms with Crippen molar-refractivity contribution in [3.63, 3.8) is 0 Å². The Bertz CT molecular complexity index is 525. The molecule has 0 amide bonds. The number of rotatable bonds is 5. The maximum atomic E-state index is 5.87. The first kappa shape index (κ1) is 14.3. The number of benzene rings is 2. The lowest BCUT2D eigenvalue weighted by Gasteiger charge is -2.14. The van der Waals surface area contributed by atoms with Crippen LogP contribution in [0.2, 0.25) is 0 Å². The summed E-state index contributed by atoms with van der Waals surface area (Å²) >= 11 is 2.29. The third-order valence-corrected chi connectivity index (χ3v) is 3.64. The molecular weight excluding hydrogens is 349 g/mol. The second-order valence-corrected chi connectivity index (χ2v) is 5.65. The monoisotopic (exact) mass is 367 g/mol. The molecule has 0 aliphatic carbocycles. The second-order valence-electron chi connectivity index (χ2n) is 4.41. The minimum absolute atomic E-state index is 0.338. The first-order valence-electron chi connectivity index (χ1n) is 6.46. The molecule has 0 radical (unpaired) electrons. The van der Waals surface area contributed by atoms with Gasteiger partial charge < -0.3 is 10.1 Å². The molecule has 0 bridgehead atoms. The van der Waals surface area contributed by atoms with E-state index in [0.717, 1.165) is 18.0 Å². The van der Waals surface area contributed by atoms with Gasteiger partial charge in [-0.3, -0.25) is 0 Å². The van der Waals surface area contributed by atoms with Crippen LogP contribution in [0.25, 0.3) is 0 Å². The number of nitrogens with one attached hydrogen (secondary N) is 1. The maximum absolute atomic E-state index is 5.87. The molecule has 0 saturated heterocycles. The van der Waals surface area contributed by atoms with Gasteiger partial charge in [0.2, 0.25) is 0 Å². The van der Waals surface area contributed by atoms with E-state index in [1.165, 1.54) is 9.13 Å². The van der Waals surface area contributed by atoms with Gasteiger partial charge in [0, 0.05) is 9.61 Å². The van der Waals surface area contributed by atoms with Crippen molar-refractivity contribution < 1.29 is 4.74 Å². The highest BCUT2D eigenvalue weighted by molar-refractivity contribution is 14.1. The summed E-state index contributed by atoms with van der Waals surface area (Å²) in [4.78, 5) is 0. The molecule has 0 fully saturated rings. The van der Waals surface area contributed by atoms with Crippen molar-refractivity contribution in [1.82, 2.24) is 5.32 Å². The molecule has 2 rings (SSSR count). The molecule has 3 heteroatoms. The van der Waals surface area contributed by atoms with Crippen molar-refractivity contribution in [2.45, 2.75) is 19.9 Å².